The summed E-state index contributed by atoms with van der Waals surface area (Å²) in [5.74, 6) is 1.03. The van der Waals surface area contributed by atoms with Crippen molar-refractivity contribution < 1.29 is 19.0 Å². The molecule has 0 saturated heterocycles. The van der Waals surface area contributed by atoms with Crippen LogP contribution in [0.4, 0.5) is 0 Å². The molecule has 1 aliphatic heterocycles. The predicted molar refractivity (Wildman–Crippen MR) is 84.5 cm³/mol. The second-order valence-electron chi connectivity index (χ2n) is 4.87. The smallest absolute Gasteiger partial charge is 0.273 e. The van der Waals surface area contributed by atoms with Crippen LogP contribution in [0.25, 0.3) is 0 Å². The number of hydrogen-bond acceptors (Lipinski definition) is 5. The van der Waals surface area contributed by atoms with E-state index < -0.39 is 6.10 Å². The van der Waals surface area contributed by atoms with Crippen molar-refractivity contribution in [3.63, 3.8) is 0 Å². The van der Waals surface area contributed by atoms with Crippen molar-refractivity contribution in [2.45, 2.75) is 6.10 Å². The summed E-state index contributed by atoms with van der Waals surface area (Å²) >= 11 is 0. The first kappa shape index (κ1) is 15.1. The summed E-state index contributed by atoms with van der Waals surface area (Å²) < 4.78 is 15.8. The second-order valence-corrected chi connectivity index (χ2v) is 4.87. The standard InChI is InChI=1S/C17H16N2O4/c1-21-16(13-5-3-2-4-6-13)17(20)19-18-10-12-7-8-14-15(9-12)23-11-22-14/h2-10,16H,11H2,1H3,(H,19,20). The summed E-state index contributed by atoms with van der Waals surface area (Å²) in [6.45, 7) is 0.221. The largest absolute Gasteiger partial charge is 0.454 e. The number of carbonyl (C=O) groups excluding carboxylic acids is 1. The molecule has 0 spiro atoms. The van der Waals surface area contributed by atoms with Crippen molar-refractivity contribution in [2.75, 3.05) is 13.9 Å². The number of carbonyl (C=O) groups is 1. The van der Waals surface area contributed by atoms with Gasteiger partial charge in [-0.25, -0.2) is 5.43 Å². The van der Waals surface area contributed by atoms with Gasteiger partial charge in [0, 0.05) is 7.11 Å². The van der Waals surface area contributed by atoms with Crippen LogP contribution in [0.15, 0.2) is 53.6 Å². The number of hydrogen-bond donors (Lipinski definition) is 1. The normalized spacial score (nSPS) is 14.0. The molecule has 0 fully saturated rings. The molecule has 0 aromatic heterocycles. The van der Waals surface area contributed by atoms with Gasteiger partial charge in [-0.05, 0) is 29.3 Å². The first-order valence-electron chi connectivity index (χ1n) is 7.08. The molecule has 2 aromatic carbocycles. The summed E-state index contributed by atoms with van der Waals surface area (Å²) in [7, 11) is 1.48. The van der Waals surface area contributed by atoms with E-state index in [2.05, 4.69) is 10.5 Å². The highest BCUT2D eigenvalue weighted by Crippen LogP contribution is 2.31. The maximum absolute atomic E-state index is 12.2. The Bertz CT molecular complexity index is 716. The minimum absolute atomic E-state index is 0.221. The van der Waals surface area contributed by atoms with E-state index in [0.717, 1.165) is 11.1 Å². The Morgan fingerprint density at radius 2 is 2.00 bits per heavy atom. The van der Waals surface area contributed by atoms with Gasteiger partial charge < -0.3 is 14.2 Å². The van der Waals surface area contributed by atoms with Crippen LogP contribution < -0.4 is 14.9 Å². The zero-order chi connectivity index (χ0) is 16.1. The minimum atomic E-state index is -0.704. The second kappa shape index (κ2) is 6.93. The fourth-order valence-electron chi connectivity index (χ4n) is 2.24. The van der Waals surface area contributed by atoms with E-state index in [1.165, 1.54) is 13.3 Å². The summed E-state index contributed by atoms with van der Waals surface area (Å²) in [6.07, 6.45) is 0.836. The van der Waals surface area contributed by atoms with E-state index in [-0.39, 0.29) is 12.7 Å². The van der Waals surface area contributed by atoms with Crippen LogP contribution in [0.2, 0.25) is 0 Å². The van der Waals surface area contributed by atoms with Gasteiger partial charge in [-0.2, -0.15) is 5.10 Å². The predicted octanol–water partition coefficient (Wildman–Crippen LogP) is 2.25. The Morgan fingerprint density at radius 3 is 2.78 bits per heavy atom. The third kappa shape index (κ3) is 3.49. The lowest BCUT2D eigenvalue weighted by Crippen LogP contribution is -2.26. The quantitative estimate of drug-likeness (QED) is 0.679. The molecule has 6 heteroatoms. The number of amides is 1. The molecule has 1 aliphatic rings. The lowest BCUT2D eigenvalue weighted by Gasteiger charge is -2.13. The lowest BCUT2D eigenvalue weighted by atomic mass is 10.1. The van der Waals surface area contributed by atoms with Crippen LogP contribution in [0.3, 0.4) is 0 Å². The van der Waals surface area contributed by atoms with Gasteiger partial charge in [-0.1, -0.05) is 30.3 Å². The summed E-state index contributed by atoms with van der Waals surface area (Å²) in [4.78, 5) is 12.2. The number of fused-ring (bicyclic) bond motifs is 1. The Morgan fingerprint density at radius 1 is 1.22 bits per heavy atom. The third-order valence-corrected chi connectivity index (χ3v) is 3.36. The van der Waals surface area contributed by atoms with E-state index in [0.29, 0.717) is 11.5 Å². The van der Waals surface area contributed by atoms with Gasteiger partial charge in [0.05, 0.1) is 6.21 Å². The first-order chi connectivity index (χ1) is 11.3. The Labute approximate surface area is 133 Å². The van der Waals surface area contributed by atoms with Crippen LogP contribution in [0.5, 0.6) is 11.5 Å². The van der Waals surface area contributed by atoms with Crippen molar-refractivity contribution in [3.8, 4) is 11.5 Å². The van der Waals surface area contributed by atoms with Crippen molar-refractivity contribution in [2.24, 2.45) is 5.10 Å². The maximum atomic E-state index is 12.2. The van der Waals surface area contributed by atoms with Gasteiger partial charge in [0.15, 0.2) is 17.6 Å². The average molecular weight is 312 g/mol. The van der Waals surface area contributed by atoms with Gasteiger partial charge in [0.1, 0.15) is 0 Å². The molecule has 3 rings (SSSR count). The van der Waals surface area contributed by atoms with Crippen molar-refractivity contribution in [3.05, 3.63) is 59.7 Å². The molecule has 1 heterocycles. The number of benzene rings is 2. The van der Waals surface area contributed by atoms with E-state index in [4.69, 9.17) is 14.2 Å². The average Bonchev–Trinajstić information content (AvgIpc) is 3.04. The molecular formula is C17H16N2O4. The molecule has 1 atom stereocenters. The van der Waals surface area contributed by atoms with Gasteiger partial charge in [0.25, 0.3) is 5.91 Å². The molecule has 1 amide bonds. The number of hydrazone groups is 1. The number of methoxy groups -OCH3 is 1. The van der Waals surface area contributed by atoms with Crippen LogP contribution in [-0.4, -0.2) is 26.0 Å². The zero-order valence-electron chi connectivity index (χ0n) is 12.6. The molecule has 1 N–H and O–H groups in total. The molecule has 6 nitrogen and oxygen atoms in total. The molecule has 0 radical (unpaired) electrons. The Kier molecular flexibility index (Phi) is 4.54. The minimum Gasteiger partial charge on any atom is -0.454 e. The van der Waals surface area contributed by atoms with E-state index in [1.54, 1.807) is 12.1 Å². The van der Waals surface area contributed by atoms with E-state index >= 15 is 0 Å². The maximum Gasteiger partial charge on any atom is 0.273 e. The van der Waals surface area contributed by atoms with Crippen molar-refractivity contribution in [1.29, 1.82) is 0 Å². The van der Waals surface area contributed by atoms with Crippen LogP contribution in [0, 0.1) is 0 Å². The first-order valence-corrected chi connectivity index (χ1v) is 7.08. The number of nitrogens with one attached hydrogen (secondary N) is 1. The molecule has 0 saturated carbocycles. The number of rotatable bonds is 5. The topological polar surface area (TPSA) is 69.2 Å². The fraction of sp³-hybridized carbons (Fsp3) is 0.176. The van der Waals surface area contributed by atoms with Crippen LogP contribution >= 0.6 is 0 Å². The number of nitrogens with zero attached hydrogens (tertiary/aromatic N) is 1. The fourth-order valence-corrected chi connectivity index (χ4v) is 2.24. The van der Waals surface area contributed by atoms with E-state index in [9.17, 15) is 4.79 Å². The van der Waals surface area contributed by atoms with Gasteiger partial charge in [-0.15, -0.1) is 0 Å². The van der Waals surface area contributed by atoms with Gasteiger partial charge in [0.2, 0.25) is 6.79 Å². The molecule has 23 heavy (non-hydrogen) atoms. The Hall–Kier alpha value is -2.86. The van der Waals surface area contributed by atoms with Crippen LogP contribution in [0.1, 0.15) is 17.2 Å². The highest BCUT2D eigenvalue weighted by Gasteiger charge is 2.19. The van der Waals surface area contributed by atoms with Crippen molar-refractivity contribution in [1.82, 2.24) is 5.43 Å². The monoisotopic (exact) mass is 312 g/mol. The summed E-state index contributed by atoms with van der Waals surface area (Å²) in [5, 5.41) is 3.96. The van der Waals surface area contributed by atoms with E-state index in [1.807, 2.05) is 36.4 Å². The summed E-state index contributed by atoms with van der Waals surface area (Å²) in [5.41, 5.74) is 4.05. The molecular weight excluding hydrogens is 296 g/mol. The lowest BCUT2D eigenvalue weighted by molar-refractivity contribution is -0.131. The van der Waals surface area contributed by atoms with Gasteiger partial charge in [-0.3, -0.25) is 4.79 Å². The molecule has 118 valence electrons. The highest BCUT2D eigenvalue weighted by atomic mass is 16.7. The highest BCUT2D eigenvalue weighted by molar-refractivity contribution is 5.85. The Balaban J connectivity index is 1.64. The van der Waals surface area contributed by atoms with Crippen molar-refractivity contribution >= 4 is 12.1 Å². The summed E-state index contributed by atoms with van der Waals surface area (Å²) in [6, 6.07) is 14.7. The molecule has 0 aliphatic carbocycles. The van der Waals surface area contributed by atoms with Crippen LogP contribution in [-0.2, 0) is 9.53 Å². The molecule has 0 bridgehead atoms. The van der Waals surface area contributed by atoms with Gasteiger partial charge >= 0.3 is 0 Å². The number of ether oxygens (including phenoxy) is 3. The molecule has 1 unspecified atom stereocenters. The molecule has 2 aromatic rings. The SMILES string of the molecule is COC(C(=O)NN=Cc1ccc2c(c1)OCO2)c1ccccc1. The zero-order valence-corrected chi connectivity index (χ0v) is 12.6. The third-order valence-electron chi connectivity index (χ3n) is 3.36.